The van der Waals surface area contributed by atoms with E-state index in [1.54, 1.807) is 6.92 Å². The Kier molecular flexibility index (Phi) is 5.11. The molecule has 0 saturated heterocycles. The van der Waals surface area contributed by atoms with E-state index < -0.39 is 11.7 Å². The second-order valence-electron chi connectivity index (χ2n) is 3.09. The van der Waals surface area contributed by atoms with Gasteiger partial charge >= 0.3 is 6.18 Å². The van der Waals surface area contributed by atoms with Crippen molar-refractivity contribution in [1.82, 2.24) is 4.90 Å². The highest BCUT2D eigenvalue weighted by Crippen LogP contribution is 2.24. The number of nitrogens with one attached hydrogen (secondary N) is 1. The summed E-state index contributed by atoms with van der Waals surface area (Å²) in [4.78, 5) is 1.36. The zero-order chi connectivity index (χ0) is 12.1. The summed E-state index contributed by atoms with van der Waals surface area (Å²) in [6, 6.07) is 0. The molecule has 0 saturated carbocycles. The van der Waals surface area contributed by atoms with Gasteiger partial charge in [-0.05, 0) is 13.3 Å². The first kappa shape index (κ1) is 13.7. The van der Waals surface area contributed by atoms with Gasteiger partial charge in [-0.2, -0.15) is 13.2 Å². The van der Waals surface area contributed by atoms with Gasteiger partial charge in [-0.1, -0.05) is 13.0 Å². The molecule has 2 nitrogen and oxygen atoms in total. The van der Waals surface area contributed by atoms with Crippen molar-refractivity contribution < 1.29 is 13.2 Å². The fraction of sp³-hybridized carbons (Fsp3) is 0.500. The highest BCUT2D eigenvalue weighted by atomic mass is 19.4. The fourth-order valence-electron chi connectivity index (χ4n) is 0.942. The molecule has 0 aromatic rings. The van der Waals surface area contributed by atoms with E-state index in [1.807, 2.05) is 13.0 Å². The van der Waals surface area contributed by atoms with E-state index in [-0.39, 0.29) is 0 Å². The lowest BCUT2D eigenvalue weighted by atomic mass is 10.3. The van der Waals surface area contributed by atoms with E-state index in [4.69, 9.17) is 5.41 Å². The van der Waals surface area contributed by atoms with Gasteiger partial charge in [-0.25, -0.2) is 0 Å². The van der Waals surface area contributed by atoms with Crippen molar-refractivity contribution in [3.05, 3.63) is 23.5 Å². The van der Waals surface area contributed by atoms with Gasteiger partial charge in [0.25, 0.3) is 0 Å². The zero-order valence-corrected chi connectivity index (χ0v) is 9.02. The Morgan fingerprint density at radius 1 is 1.40 bits per heavy atom. The summed E-state index contributed by atoms with van der Waals surface area (Å²) < 4.78 is 36.8. The first-order valence-electron chi connectivity index (χ1n) is 4.52. The molecule has 0 fully saturated rings. The van der Waals surface area contributed by atoms with Gasteiger partial charge in [0, 0.05) is 25.2 Å². The van der Waals surface area contributed by atoms with Gasteiger partial charge in [0.15, 0.2) is 0 Å². The molecule has 0 unspecified atom stereocenters. The third-order valence-electron chi connectivity index (χ3n) is 1.87. The molecule has 15 heavy (non-hydrogen) atoms. The van der Waals surface area contributed by atoms with Gasteiger partial charge in [-0.15, -0.1) is 0 Å². The van der Waals surface area contributed by atoms with Crippen LogP contribution in [0.25, 0.3) is 0 Å². The molecular formula is C10H15F3N2. The molecule has 0 atom stereocenters. The van der Waals surface area contributed by atoms with Crippen LogP contribution < -0.4 is 0 Å². The monoisotopic (exact) mass is 220 g/mol. The average molecular weight is 220 g/mol. The van der Waals surface area contributed by atoms with Crippen LogP contribution in [-0.2, 0) is 0 Å². The Bertz CT molecular complexity index is 277. The van der Waals surface area contributed by atoms with E-state index in [0.29, 0.717) is 6.21 Å². The number of rotatable bonds is 4. The summed E-state index contributed by atoms with van der Waals surface area (Å²) in [7, 11) is 1.52. The smallest absolute Gasteiger partial charge is 0.354 e. The third-order valence-corrected chi connectivity index (χ3v) is 1.87. The molecule has 0 amide bonds. The number of hydrogen-bond donors (Lipinski definition) is 1. The number of halogens is 3. The van der Waals surface area contributed by atoms with Crippen LogP contribution in [0.5, 0.6) is 0 Å². The molecule has 0 spiro atoms. The predicted octanol–water partition coefficient (Wildman–Crippen LogP) is 3.33. The van der Waals surface area contributed by atoms with Gasteiger partial charge in [0.1, 0.15) is 0 Å². The van der Waals surface area contributed by atoms with Crippen LogP contribution in [0, 0.1) is 5.41 Å². The average Bonchev–Trinajstić information content (AvgIpc) is 2.12. The highest BCUT2D eigenvalue weighted by molar-refractivity contribution is 5.77. The lowest BCUT2D eigenvalue weighted by molar-refractivity contribution is -0.0864. The largest absolute Gasteiger partial charge is 0.419 e. The van der Waals surface area contributed by atoms with E-state index in [2.05, 4.69) is 0 Å². The SMILES string of the molecule is CCC=C(C)N(C)/C=C(\C=N)C(F)(F)F. The predicted molar refractivity (Wildman–Crippen MR) is 54.7 cm³/mol. The minimum absolute atomic E-state index is 0.315. The zero-order valence-electron chi connectivity index (χ0n) is 9.02. The van der Waals surface area contributed by atoms with Crippen LogP contribution in [0.2, 0.25) is 0 Å². The summed E-state index contributed by atoms with van der Waals surface area (Å²) in [6.45, 7) is 3.63. The summed E-state index contributed by atoms with van der Waals surface area (Å²) >= 11 is 0. The van der Waals surface area contributed by atoms with E-state index in [1.165, 1.54) is 11.9 Å². The van der Waals surface area contributed by atoms with Crippen molar-refractivity contribution >= 4 is 6.21 Å². The van der Waals surface area contributed by atoms with Gasteiger partial charge in [-0.3, -0.25) is 0 Å². The van der Waals surface area contributed by atoms with Crippen LogP contribution in [0.4, 0.5) is 13.2 Å². The lowest BCUT2D eigenvalue weighted by Gasteiger charge is -2.17. The second kappa shape index (κ2) is 5.58. The molecule has 0 aromatic carbocycles. The molecule has 5 heteroatoms. The Balaban J connectivity index is 4.86. The molecule has 0 aliphatic heterocycles. The van der Waals surface area contributed by atoms with Crippen molar-refractivity contribution in [2.24, 2.45) is 0 Å². The van der Waals surface area contributed by atoms with Crippen molar-refractivity contribution in [3.8, 4) is 0 Å². The van der Waals surface area contributed by atoms with E-state index in [0.717, 1.165) is 18.3 Å². The van der Waals surface area contributed by atoms with Crippen molar-refractivity contribution in [3.63, 3.8) is 0 Å². The maximum Gasteiger partial charge on any atom is 0.419 e. The molecule has 0 heterocycles. The molecule has 0 aliphatic carbocycles. The third kappa shape index (κ3) is 4.67. The second-order valence-corrected chi connectivity index (χ2v) is 3.09. The molecule has 0 aliphatic rings. The normalized spacial score (nSPS) is 14.0. The number of alkyl halides is 3. The van der Waals surface area contributed by atoms with Crippen LogP contribution in [0.1, 0.15) is 20.3 Å². The molecule has 0 bridgehead atoms. The summed E-state index contributed by atoms with van der Waals surface area (Å²) in [5.41, 5.74) is -0.241. The van der Waals surface area contributed by atoms with Gasteiger partial charge < -0.3 is 10.3 Å². The summed E-state index contributed by atoms with van der Waals surface area (Å²) in [5, 5.41) is 6.69. The standard InChI is InChI=1S/C10H15F3N2/c1-4-5-8(2)15(3)7-9(6-14)10(11,12)13/h5-7,14H,4H2,1-3H3/b8-5?,9-7+,14-6?. The molecular weight excluding hydrogens is 205 g/mol. The minimum Gasteiger partial charge on any atom is -0.354 e. The van der Waals surface area contributed by atoms with Crippen molar-refractivity contribution in [1.29, 1.82) is 5.41 Å². The maximum atomic E-state index is 12.3. The molecule has 0 radical (unpaired) electrons. The maximum absolute atomic E-state index is 12.3. The van der Waals surface area contributed by atoms with Crippen molar-refractivity contribution in [2.45, 2.75) is 26.4 Å². The molecule has 86 valence electrons. The van der Waals surface area contributed by atoms with Crippen molar-refractivity contribution in [2.75, 3.05) is 7.05 Å². The molecule has 1 N–H and O–H groups in total. The first-order valence-corrected chi connectivity index (χ1v) is 4.52. The topological polar surface area (TPSA) is 27.1 Å². The minimum atomic E-state index is -4.47. The van der Waals surface area contributed by atoms with Crippen LogP contribution in [0.3, 0.4) is 0 Å². The fourth-order valence-corrected chi connectivity index (χ4v) is 0.942. The van der Waals surface area contributed by atoms with Crippen LogP contribution in [0.15, 0.2) is 23.5 Å². The number of hydrogen-bond acceptors (Lipinski definition) is 2. The Labute approximate surface area is 87.6 Å². The van der Waals surface area contributed by atoms with E-state index >= 15 is 0 Å². The number of allylic oxidation sites excluding steroid dienone is 3. The van der Waals surface area contributed by atoms with Crippen LogP contribution >= 0.6 is 0 Å². The Morgan fingerprint density at radius 2 is 1.93 bits per heavy atom. The molecule has 0 rings (SSSR count). The highest BCUT2D eigenvalue weighted by Gasteiger charge is 2.32. The van der Waals surface area contributed by atoms with E-state index in [9.17, 15) is 13.2 Å². The van der Waals surface area contributed by atoms with Crippen LogP contribution in [-0.4, -0.2) is 24.3 Å². The summed E-state index contributed by atoms with van der Waals surface area (Å²) in [6.07, 6.45) is -0.670. The Hall–Kier alpha value is -1.26. The summed E-state index contributed by atoms with van der Waals surface area (Å²) in [5.74, 6) is 0. The first-order chi connectivity index (χ1) is 6.82. The van der Waals surface area contributed by atoms with Gasteiger partial charge in [0.2, 0.25) is 0 Å². The quantitative estimate of drug-likeness (QED) is 0.723. The van der Waals surface area contributed by atoms with Gasteiger partial charge in [0.05, 0.1) is 5.57 Å². The molecule has 0 aromatic heterocycles. The number of nitrogens with zero attached hydrogens (tertiary/aromatic N) is 1. The lowest BCUT2D eigenvalue weighted by Crippen LogP contribution is -2.18. The Morgan fingerprint density at radius 3 is 2.27 bits per heavy atom.